The van der Waals surface area contributed by atoms with Crippen molar-refractivity contribution in [3.63, 3.8) is 0 Å². The minimum atomic E-state index is -5.79. The monoisotopic (exact) mass is 442 g/mol. The Morgan fingerprint density at radius 3 is 2.10 bits per heavy atom. The second kappa shape index (κ2) is 9.12. The van der Waals surface area contributed by atoms with Crippen LogP contribution in [0.25, 0.3) is 6.08 Å². The molecule has 164 valence electrons. The molecule has 0 heterocycles. The first-order chi connectivity index (χ1) is 14.3. The number of carbonyl (C=O) groups is 1. The summed E-state index contributed by atoms with van der Waals surface area (Å²) in [7, 11) is 0. The Hall–Kier alpha value is -3.48. The van der Waals surface area contributed by atoms with Gasteiger partial charge in [0.25, 0.3) is 12.1 Å². The van der Waals surface area contributed by atoms with Gasteiger partial charge in [-0.3, -0.25) is 4.79 Å². The summed E-state index contributed by atoms with van der Waals surface area (Å²) in [5.74, 6) is -1.44. The number of nitrogens with zero attached hydrogens (tertiary/aromatic N) is 1. The molecule has 2 aromatic carbocycles. The highest BCUT2D eigenvalue weighted by atomic mass is 19.4. The summed E-state index contributed by atoms with van der Waals surface area (Å²) < 4.78 is 79.9. The molecule has 0 saturated carbocycles. The number of hydrogen-bond donors (Lipinski definition) is 1. The molecule has 1 N–H and O–H groups in total. The summed E-state index contributed by atoms with van der Waals surface area (Å²) in [6.07, 6.45) is -14.3. The van der Waals surface area contributed by atoms with E-state index in [2.05, 4.69) is 10.1 Å². The molecule has 0 aliphatic carbocycles. The summed E-state index contributed by atoms with van der Waals surface area (Å²) >= 11 is 0. The number of amides is 1. The number of para-hydroxylation sites is 1. The lowest BCUT2D eigenvalue weighted by Gasteiger charge is -2.23. The van der Waals surface area contributed by atoms with Crippen molar-refractivity contribution < 1.29 is 35.9 Å². The maximum Gasteiger partial charge on any atom is 0.439 e. The van der Waals surface area contributed by atoms with Crippen molar-refractivity contribution in [2.24, 2.45) is 0 Å². The highest BCUT2D eigenvalue weighted by Gasteiger charge is 2.59. The van der Waals surface area contributed by atoms with Crippen LogP contribution in [0.15, 0.2) is 48.0 Å². The van der Waals surface area contributed by atoms with Gasteiger partial charge in [0.2, 0.25) is 0 Å². The molecule has 0 aromatic heterocycles. The number of anilines is 1. The Morgan fingerprint density at radius 1 is 1.06 bits per heavy atom. The van der Waals surface area contributed by atoms with Gasteiger partial charge in [-0.05, 0) is 48.7 Å². The first-order valence-electron chi connectivity index (χ1n) is 8.72. The second-order valence-corrected chi connectivity index (χ2v) is 6.53. The van der Waals surface area contributed by atoms with Crippen LogP contribution in [-0.2, 0) is 4.79 Å². The maximum absolute atomic E-state index is 13.3. The summed E-state index contributed by atoms with van der Waals surface area (Å²) in [6, 6.07) is 11.0. The van der Waals surface area contributed by atoms with Gasteiger partial charge in [-0.1, -0.05) is 30.3 Å². The number of nitrogens with one attached hydrogen (secondary N) is 1. The van der Waals surface area contributed by atoms with E-state index in [-0.39, 0.29) is 11.1 Å². The largest absolute Gasteiger partial charge is 0.439 e. The lowest BCUT2D eigenvalue weighted by atomic mass is 10.1. The number of ether oxygens (including phenoxy) is 1. The number of benzene rings is 2. The molecular formula is C21H16F6N2O2. The number of carbonyl (C=O) groups excluding carboxylic acids is 1. The van der Waals surface area contributed by atoms with Crippen molar-refractivity contribution in [3.8, 4) is 11.8 Å². The predicted molar refractivity (Wildman–Crippen MR) is 101 cm³/mol. The van der Waals surface area contributed by atoms with E-state index in [1.165, 1.54) is 0 Å². The third-order valence-corrected chi connectivity index (χ3v) is 4.11. The third kappa shape index (κ3) is 6.01. The van der Waals surface area contributed by atoms with Crippen molar-refractivity contribution >= 4 is 17.7 Å². The summed E-state index contributed by atoms with van der Waals surface area (Å²) in [6.45, 7) is 3.54. The summed E-state index contributed by atoms with van der Waals surface area (Å²) in [4.78, 5) is 12.4. The fraction of sp³-hybridized carbons (Fsp3) is 0.238. The summed E-state index contributed by atoms with van der Waals surface area (Å²) in [5.41, 5.74) is 1.99. The zero-order valence-corrected chi connectivity index (χ0v) is 16.2. The van der Waals surface area contributed by atoms with Gasteiger partial charge in [0.15, 0.2) is 0 Å². The molecule has 1 unspecified atom stereocenters. The zero-order chi connectivity index (χ0) is 23.4. The SMILES string of the molecule is Cc1cccc(C)c1NC(=O)/C(C#N)=C/c1ccc(OC(F)(F)C(F)C(F)(F)F)cc1. The smallest absolute Gasteiger partial charge is 0.430 e. The number of aryl methyl sites for hydroxylation is 2. The number of alkyl halides is 6. The van der Waals surface area contributed by atoms with Crippen molar-refractivity contribution in [1.29, 1.82) is 5.26 Å². The molecule has 0 bridgehead atoms. The van der Waals surface area contributed by atoms with Gasteiger partial charge in [0, 0.05) is 5.69 Å². The van der Waals surface area contributed by atoms with E-state index >= 15 is 0 Å². The van der Waals surface area contributed by atoms with Crippen LogP contribution >= 0.6 is 0 Å². The fourth-order valence-electron chi connectivity index (χ4n) is 2.54. The Labute approximate surface area is 173 Å². The van der Waals surface area contributed by atoms with Gasteiger partial charge in [-0.15, -0.1) is 0 Å². The fourth-order valence-corrected chi connectivity index (χ4v) is 2.54. The van der Waals surface area contributed by atoms with Gasteiger partial charge in [0.05, 0.1) is 0 Å². The molecule has 4 nitrogen and oxygen atoms in total. The van der Waals surface area contributed by atoms with E-state index in [1.807, 2.05) is 0 Å². The van der Waals surface area contributed by atoms with Crippen LogP contribution in [-0.4, -0.2) is 24.4 Å². The highest BCUT2D eigenvalue weighted by molar-refractivity contribution is 6.10. The number of nitriles is 1. The average molecular weight is 442 g/mol. The number of rotatable bonds is 6. The molecule has 31 heavy (non-hydrogen) atoms. The Balaban J connectivity index is 2.17. The van der Waals surface area contributed by atoms with Crippen molar-refractivity contribution in [3.05, 3.63) is 64.7 Å². The van der Waals surface area contributed by atoms with Gasteiger partial charge in [-0.25, -0.2) is 4.39 Å². The lowest BCUT2D eigenvalue weighted by molar-refractivity contribution is -0.304. The minimum absolute atomic E-state index is 0.205. The third-order valence-electron chi connectivity index (χ3n) is 4.11. The first-order valence-corrected chi connectivity index (χ1v) is 8.72. The van der Waals surface area contributed by atoms with Crippen LogP contribution in [0, 0.1) is 25.2 Å². The predicted octanol–water partition coefficient (Wildman–Crippen LogP) is 5.72. The van der Waals surface area contributed by atoms with Crippen LogP contribution in [0.1, 0.15) is 16.7 Å². The molecule has 2 rings (SSSR count). The molecule has 1 amide bonds. The van der Waals surface area contributed by atoms with Crippen LogP contribution in [0.3, 0.4) is 0 Å². The standard InChI is InChI=1S/C21H16F6N2O2/c1-12-4-3-5-13(2)17(12)29-18(30)15(11-28)10-14-6-8-16(9-7-14)31-21(26,27)19(22)20(23,24)25/h3-10,19H,1-2H3,(H,29,30)/b15-10+. The topological polar surface area (TPSA) is 62.1 Å². The maximum atomic E-state index is 13.3. The van der Waals surface area contributed by atoms with Crippen molar-refractivity contribution in [1.82, 2.24) is 0 Å². The van der Waals surface area contributed by atoms with E-state index in [0.29, 0.717) is 5.69 Å². The van der Waals surface area contributed by atoms with Gasteiger partial charge in [-0.2, -0.15) is 27.2 Å². The van der Waals surface area contributed by atoms with Crippen LogP contribution in [0.5, 0.6) is 5.75 Å². The van der Waals surface area contributed by atoms with Crippen LogP contribution in [0.4, 0.5) is 32.0 Å². The van der Waals surface area contributed by atoms with E-state index in [0.717, 1.165) is 41.5 Å². The molecule has 0 aliphatic rings. The van der Waals surface area contributed by atoms with E-state index in [1.54, 1.807) is 38.1 Å². The average Bonchev–Trinajstić information content (AvgIpc) is 2.68. The Bertz CT molecular complexity index is 1000. The molecule has 0 fully saturated rings. The van der Waals surface area contributed by atoms with E-state index < -0.39 is 30.1 Å². The quantitative estimate of drug-likeness (QED) is 0.354. The molecule has 0 spiro atoms. The van der Waals surface area contributed by atoms with Crippen LogP contribution < -0.4 is 10.1 Å². The van der Waals surface area contributed by atoms with Gasteiger partial charge in [0.1, 0.15) is 17.4 Å². The molecule has 2 aromatic rings. The highest BCUT2D eigenvalue weighted by Crippen LogP contribution is 2.36. The molecular weight excluding hydrogens is 426 g/mol. The summed E-state index contributed by atoms with van der Waals surface area (Å²) in [5, 5.41) is 11.9. The molecule has 0 radical (unpaired) electrons. The number of halogens is 6. The van der Waals surface area contributed by atoms with E-state index in [9.17, 15) is 36.4 Å². The first kappa shape index (κ1) is 23.8. The molecule has 0 aliphatic heterocycles. The van der Waals surface area contributed by atoms with Crippen molar-refractivity contribution in [2.75, 3.05) is 5.32 Å². The Morgan fingerprint density at radius 2 is 1.61 bits per heavy atom. The normalized spacial score (nSPS) is 13.3. The molecule has 0 saturated heterocycles. The number of hydrogen-bond acceptors (Lipinski definition) is 3. The van der Waals surface area contributed by atoms with Crippen molar-refractivity contribution in [2.45, 2.75) is 32.3 Å². The van der Waals surface area contributed by atoms with Crippen LogP contribution in [0.2, 0.25) is 0 Å². The minimum Gasteiger partial charge on any atom is -0.430 e. The Kier molecular flexibility index (Phi) is 7.00. The second-order valence-electron chi connectivity index (χ2n) is 6.53. The molecule has 10 heteroatoms. The zero-order valence-electron chi connectivity index (χ0n) is 16.2. The van der Waals surface area contributed by atoms with Gasteiger partial charge >= 0.3 is 12.3 Å². The lowest BCUT2D eigenvalue weighted by Crippen LogP contribution is -2.45. The van der Waals surface area contributed by atoms with Gasteiger partial charge < -0.3 is 10.1 Å². The molecule has 1 atom stereocenters. The van der Waals surface area contributed by atoms with E-state index in [4.69, 9.17) is 0 Å².